The van der Waals surface area contributed by atoms with Gasteiger partial charge in [0.25, 0.3) is 0 Å². The number of carboxylic acids is 1. The molecular weight excluding hydrogens is 486 g/mol. The lowest BCUT2D eigenvalue weighted by Crippen LogP contribution is -2.30. The van der Waals surface area contributed by atoms with Crippen LogP contribution in [0.3, 0.4) is 0 Å². The first kappa shape index (κ1) is 23.4. The van der Waals surface area contributed by atoms with E-state index < -0.39 is 12.6 Å². The van der Waals surface area contributed by atoms with Gasteiger partial charge in [-0.15, -0.1) is 17.0 Å². The summed E-state index contributed by atoms with van der Waals surface area (Å²) in [7, 11) is 0. The smallest absolute Gasteiger partial charge is 0.341 e. The van der Waals surface area contributed by atoms with Gasteiger partial charge in [-0.25, -0.2) is 9.78 Å². The molecule has 0 unspecified atom stereocenters. The van der Waals surface area contributed by atoms with E-state index in [2.05, 4.69) is 6.07 Å². The topological polar surface area (TPSA) is 104 Å². The lowest BCUT2D eigenvalue weighted by Gasteiger charge is -2.19. The number of carbonyl (C=O) groups excluding carboxylic acids is 1. The molecule has 0 bridgehead atoms. The van der Waals surface area contributed by atoms with E-state index in [1.165, 1.54) is 0 Å². The molecule has 2 N–H and O–H groups in total. The second-order valence-electron chi connectivity index (χ2n) is 9.06. The Balaban J connectivity index is 0.00000259. The van der Waals surface area contributed by atoms with Crippen LogP contribution in [0.15, 0.2) is 30.3 Å². The van der Waals surface area contributed by atoms with Gasteiger partial charge in [-0.2, -0.15) is 0 Å². The molecular formula is C25H28BrN3O4. The summed E-state index contributed by atoms with van der Waals surface area (Å²) in [6.07, 6.45) is 6.61. The Morgan fingerprint density at radius 1 is 1.09 bits per heavy atom. The monoisotopic (exact) mass is 513 g/mol. The first-order valence-corrected chi connectivity index (χ1v) is 11.3. The van der Waals surface area contributed by atoms with Crippen LogP contribution in [-0.2, 0) is 11.3 Å². The third-order valence-corrected chi connectivity index (χ3v) is 6.71. The molecule has 2 heterocycles. The van der Waals surface area contributed by atoms with Gasteiger partial charge < -0.3 is 14.7 Å². The number of aromatic nitrogens is 1. The molecule has 2 aromatic rings. The third-order valence-electron chi connectivity index (χ3n) is 6.71. The molecule has 7 nitrogen and oxygen atoms in total. The molecule has 1 aromatic heterocycles. The molecule has 0 amide bonds. The third kappa shape index (κ3) is 4.95. The number of fused-ring (bicyclic) bond motifs is 1. The second kappa shape index (κ2) is 9.63. The zero-order chi connectivity index (χ0) is 22.2. The van der Waals surface area contributed by atoms with Crippen molar-refractivity contribution in [3.63, 3.8) is 0 Å². The number of aliphatic carboxylic acids is 1. The van der Waals surface area contributed by atoms with E-state index in [4.69, 9.17) is 20.2 Å². The van der Waals surface area contributed by atoms with Gasteiger partial charge in [0, 0.05) is 29.3 Å². The Kier molecular flexibility index (Phi) is 6.83. The lowest BCUT2D eigenvalue weighted by molar-refractivity contribution is -0.139. The van der Waals surface area contributed by atoms with Crippen molar-refractivity contribution in [2.75, 3.05) is 13.2 Å². The predicted octanol–water partition coefficient (Wildman–Crippen LogP) is 4.68. The van der Waals surface area contributed by atoms with Crippen LogP contribution >= 0.6 is 17.0 Å². The van der Waals surface area contributed by atoms with Crippen molar-refractivity contribution in [3.8, 4) is 5.75 Å². The fourth-order valence-electron chi connectivity index (χ4n) is 4.82. The van der Waals surface area contributed by atoms with Gasteiger partial charge in [0.2, 0.25) is 0 Å². The number of carbonyl (C=O) groups is 2. The molecule has 2 aliphatic carbocycles. The van der Waals surface area contributed by atoms with Crippen LogP contribution in [-0.4, -0.2) is 45.7 Å². The fraction of sp³-hybridized carbons (Fsp3) is 0.440. The molecule has 8 heteroatoms. The van der Waals surface area contributed by atoms with Gasteiger partial charge >= 0.3 is 5.97 Å². The number of carboxylic acid groups (broad SMARTS) is 1. The van der Waals surface area contributed by atoms with E-state index in [0.717, 1.165) is 55.3 Å². The molecule has 1 aliphatic heterocycles. The van der Waals surface area contributed by atoms with Crippen molar-refractivity contribution in [2.24, 2.45) is 0 Å². The van der Waals surface area contributed by atoms with E-state index in [9.17, 15) is 9.59 Å². The summed E-state index contributed by atoms with van der Waals surface area (Å²) < 4.78 is 5.51. The van der Waals surface area contributed by atoms with E-state index in [1.807, 2.05) is 12.1 Å². The minimum absolute atomic E-state index is 0. The summed E-state index contributed by atoms with van der Waals surface area (Å²) in [4.78, 5) is 30.6. The number of Topliss-reactive ketones (excluding diaryl/α,β-unsaturated/α-hetero) is 1. The van der Waals surface area contributed by atoms with Crippen LogP contribution in [0.5, 0.6) is 5.75 Å². The van der Waals surface area contributed by atoms with Gasteiger partial charge in [0.1, 0.15) is 17.3 Å². The molecule has 174 valence electrons. The summed E-state index contributed by atoms with van der Waals surface area (Å²) in [5.74, 6) is 0.593. The van der Waals surface area contributed by atoms with Crippen molar-refractivity contribution in [2.45, 2.75) is 56.9 Å². The summed E-state index contributed by atoms with van der Waals surface area (Å²) >= 11 is 0. The molecule has 0 spiro atoms. The quantitative estimate of drug-likeness (QED) is 0.496. The Labute approximate surface area is 203 Å². The average Bonchev–Trinajstić information content (AvgIpc) is 3.41. The molecule has 33 heavy (non-hydrogen) atoms. The summed E-state index contributed by atoms with van der Waals surface area (Å²) in [6, 6.07) is 9.39. The molecule has 0 atom stereocenters. The Bertz CT molecular complexity index is 1090. The molecule has 2 fully saturated rings. The highest BCUT2D eigenvalue weighted by Gasteiger charge is 2.31. The predicted molar refractivity (Wildman–Crippen MR) is 129 cm³/mol. The van der Waals surface area contributed by atoms with Crippen molar-refractivity contribution in [1.29, 1.82) is 5.41 Å². The number of ether oxygens (including phenoxy) is 1. The van der Waals surface area contributed by atoms with Crippen LogP contribution in [0.25, 0.3) is 0 Å². The minimum Gasteiger partial charge on any atom is -0.482 e. The molecule has 0 radical (unpaired) electrons. The minimum atomic E-state index is -1.02. The maximum atomic E-state index is 13.1. The maximum Gasteiger partial charge on any atom is 0.341 e. The average molecular weight is 514 g/mol. The van der Waals surface area contributed by atoms with Gasteiger partial charge in [-0.1, -0.05) is 18.9 Å². The summed E-state index contributed by atoms with van der Waals surface area (Å²) in [6.45, 7) is 0.243. The van der Waals surface area contributed by atoms with E-state index >= 15 is 0 Å². The lowest BCUT2D eigenvalue weighted by atomic mass is 9.94. The van der Waals surface area contributed by atoms with Crippen molar-refractivity contribution in [3.05, 3.63) is 58.4 Å². The first-order chi connectivity index (χ1) is 15.5. The van der Waals surface area contributed by atoms with Gasteiger partial charge in [-0.05, 0) is 61.4 Å². The van der Waals surface area contributed by atoms with Gasteiger partial charge in [-0.3, -0.25) is 10.2 Å². The number of rotatable bonds is 8. The standard InChI is InChI=1S/C25H27N3O4.BrH/c26-25-24-18(7-9-20(27-24)16-5-6-16)12-28(25)13-21(29)17-8-10-22(32-14-23(30)31)19(11-17)15-3-1-2-4-15;/h7-11,15-16,26H,1-6,12-14H2,(H,30,31);1H. The van der Waals surface area contributed by atoms with E-state index in [1.54, 1.807) is 17.0 Å². The SMILES string of the molecule is Br.N=C1c2nc(C3CC3)ccc2CN1CC(=O)c1ccc(OCC(=O)O)c(C2CCCC2)c1. The van der Waals surface area contributed by atoms with Crippen molar-refractivity contribution >= 4 is 34.6 Å². The summed E-state index contributed by atoms with van der Waals surface area (Å²) in [5, 5.41) is 17.5. The van der Waals surface area contributed by atoms with Gasteiger partial charge in [0.15, 0.2) is 12.4 Å². The van der Waals surface area contributed by atoms with Crippen LogP contribution in [0.2, 0.25) is 0 Å². The highest BCUT2D eigenvalue weighted by molar-refractivity contribution is 8.93. The second-order valence-corrected chi connectivity index (χ2v) is 9.06. The molecule has 2 saturated carbocycles. The van der Waals surface area contributed by atoms with Crippen LogP contribution in [0.1, 0.15) is 83.2 Å². The fourth-order valence-corrected chi connectivity index (χ4v) is 4.82. The Hall–Kier alpha value is -2.74. The van der Waals surface area contributed by atoms with Gasteiger partial charge in [0.05, 0.1) is 6.54 Å². The molecule has 3 aliphatic rings. The normalized spacial score (nSPS) is 17.6. The van der Waals surface area contributed by atoms with Crippen LogP contribution < -0.4 is 4.74 Å². The Morgan fingerprint density at radius 3 is 2.55 bits per heavy atom. The number of hydrogen-bond acceptors (Lipinski definition) is 5. The number of benzene rings is 1. The molecule has 0 saturated heterocycles. The zero-order valence-electron chi connectivity index (χ0n) is 18.4. The summed E-state index contributed by atoms with van der Waals surface area (Å²) in [5.41, 5.74) is 4.25. The number of amidine groups is 1. The number of pyridine rings is 1. The van der Waals surface area contributed by atoms with E-state index in [0.29, 0.717) is 35.3 Å². The van der Waals surface area contributed by atoms with Crippen molar-refractivity contribution < 1.29 is 19.4 Å². The number of hydrogen-bond donors (Lipinski definition) is 2. The largest absolute Gasteiger partial charge is 0.482 e. The first-order valence-electron chi connectivity index (χ1n) is 11.3. The maximum absolute atomic E-state index is 13.1. The Morgan fingerprint density at radius 2 is 1.85 bits per heavy atom. The molecule has 1 aromatic carbocycles. The number of nitrogens with one attached hydrogen (secondary N) is 1. The van der Waals surface area contributed by atoms with Crippen LogP contribution in [0, 0.1) is 5.41 Å². The number of halogens is 1. The van der Waals surface area contributed by atoms with E-state index in [-0.39, 0.29) is 35.2 Å². The zero-order valence-corrected chi connectivity index (χ0v) is 20.1. The highest BCUT2D eigenvalue weighted by atomic mass is 79.9. The van der Waals surface area contributed by atoms with Crippen molar-refractivity contribution in [1.82, 2.24) is 9.88 Å². The number of ketones is 1. The molecule has 5 rings (SSSR count). The number of nitrogens with zero attached hydrogens (tertiary/aromatic N) is 2. The van der Waals surface area contributed by atoms with Crippen LogP contribution in [0.4, 0.5) is 0 Å². The highest BCUT2D eigenvalue weighted by Crippen LogP contribution is 2.40.